The van der Waals surface area contributed by atoms with E-state index in [9.17, 15) is 18.0 Å². The van der Waals surface area contributed by atoms with Crippen LogP contribution in [0, 0.1) is 0 Å². The summed E-state index contributed by atoms with van der Waals surface area (Å²) in [5, 5.41) is 12.7. The number of nitrogens with one attached hydrogen (secondary N) is 1. The smallest absolute Gasteiger partial charge is 0.336 e. The lowest BCUT2D eigenvalue weighted by Crippen LogP contribution is -2.42. The SMILES string of the molecule is CCN(CC(=O)NC(C)C)S(=O)(=O)c1cc(C(=O)O)cs1. The van der Waals surface area contributed by atoms with Crippen LogP contribution >= 0.6 is 11.3 Å². The highest BCUT2D eigenvalue weighted by atomic mass is 32.2. The molecule has 118 valence electrons. The van der Waals surface area contributed by atoms with Gasteiger partial charge in [-0.15, -0.1) is 11.3 Å². The van der Waals surface area contributed by atoms with Gasteiger partial charge in [0.15, 0.2) is 0 Å². The highest BCUT2D eigenvalue weighted by Crippen LogP contribution is 2.23. The number of carboxylic acids is 1. The lowest BCUT2D eigenvalue weighted by molar-refractivity contribution is -0.121. The summed E-state index contributed by atoms with van der Waals surface area (Å²) in [6.07, 6.45) is 0. The van der Waals surface area contributed by atoms with E-state index in [2.05, 4.69) is 5.32 Å². The number of hydrogen-bond donors (Lipinski definition) is 2. The molecule has 0 bridgehead atoms. The van der Waals surface area contributed by atoms with E-state index in [1.807, 2.05) is 0 Å². The van der Waals surface area contributed by atoms with Crippen molar-refractivity contribution in [1.82, 2.24) is 9.62 Å². The van der Waals surface area contributed by atoms with E-state index >= 15 is 0 Å². The molecule has 21 heavy (non-hydrogen) atoms. The van der Waals surface area contributed by atoms with Gasteiger partial charge in [-0.2, -0.15) is 4.31 Å². The summed E-state index contributed by atoms with van der Waals surface area (Å²) in [6, 6.07) is 1.02. The van der Waals surface area contributed by atoms with Crippen LogP contribution in [0.25, 0.3) is 0 Å². The fraction of sp³-hybridized carbons (Fsp3) is 0.500. The molecule has 0 aliphatic rings. The molecule has 1 aromatic rings. The highest BCUT2D eigenvalue weighted by Gasteiger charge is 2.27. The second-order valence-electron chi connectivity index (χ2n) is 4.61. The summed E-state index contributed by atoms with van der Waals surface area (Å²) in [7, 11) is -3.87. The minimum Gasteiger partial charge on any atom is -0.478 e. The molecule has 0 atom stereocenters. The van der Waals surface area contributed by atoms with Crippen LogP contribution in [0.15, 0.2) is 15.7 Å². The van der Waals surface area contributed by atoms with Gasteiger partial charge < -0.3 is 10.4 Å². The van der Waals surface area contributed by atoms with Crippen LogP contribution in [0.1, 0.15) is 31.1 Å². The fourth-order valence-corrected chi connectivity index (χ4v) is 4.30. The van der Waals surface area contributed by atoms with Gasteiger partial charge in [0.1, 0.15) is 4.21 Å². The standard InChI is InChI=1S/C12H18N2O5S2/c1-4-14(6-10(15)13-8(2)3)21(18,19)11-5-9(7-20-11)12(16)17/h5,7-8H,4,6H2,1-3H3,(H,13,15)(H,16,17). The molecule has 1 aromatic heterocycles. The van der Waals surface area contributed by atoms with Crippen molar-refractivity contribution in [1.29, 1.82) is 0 Å². The van der Waals surface area contributed by atoms with Gasteiger partial charge in [-0.1, -0.05) is 6.92 Å². The van der Waals surface area contributed by atoms with Crippen molar-refractivity contribution < 1.29 is 23.1 Å². The topological polar surface area (TPSA) is 104 Å². The lowest BCUT2D eigenvalue weighted by atomic mass is 10.4. The lowest BCUT2D eigenvalue weighted by Gasteiger charge is -2.19. The molecule has 0 radical (unpaired) electrons. The monoisotopic (exact) mass is 334 g/mol. The Balaban J connectivity index is 2.96. The third-order valence-corrected chi connectivity index (χ3v) is 5.87. The van der Waals surface area contributed by atoms with Crippen LogP contribution in [-0.2, 0) is 14.8 Å². The zero-order valence-electron chi connectivity index (χ0n) is 12.0. The number of carbonyl (C=O) groups excluding carboxylic acids is 1. The molecule has 0 saturated carbocycles. The first kappa shape index (κ1) is 17.6. The third kappa shape index (κ3) is 4.51. The van der Waals surface area contributed by atoms with Crippen LogP contribution in [0.4, 0.5) is 0 Å². The number of likely N-dealkylation sites (N-methyl/N-ethyl adjacent to an activating group) is 1. The van der Waals surface area contributed by atoms with E-state index in [4.69, 9.17) is 5.11 Å². The van der Waals surface area contributed by atoms with Crippen molar-refractivity contribution in [3.8, 4) is 0 Å². The van der Waals surface area contributed by atoms with Gasteiger partial charge in [0, 0.05) is 18.0 Å². The summed E-state index contributed by atoms with van der Waals surface area (Å²) < 4.78 is 25.7. The molecule has 0 aliphatic carbocycles. The Morgan fingerprint density at radius 2 is 2.05 bits per heavy atom. The predicted molar refractivity (Wildman–Crippen MR) is 79.0 cm³/mol. The molecule has 1 amide bonds. The van der Waals surface area contributed by atoms with Crippen molar-refractivity contribution in [2.45, 2.75) is 31.0 Å². The highest BCUT2D eigenvalue weighted by molar-refractivity contribution is 7.91. The molecule has 0 unspecified atom stereocenters. The van der Waals surface area contributed by atoms with E-state index in [1.165, 1.54) is 5.38 Å². The molecule has 9 heteroatoms. The molecule has 0 spiro atoms. The summed E-state index contributed by atoms with van der Waals surface area (Å²) in [4.78, 5) is 22.5. The number of nitrogens with zero attached hydrogens (tertiary/aromatic N) is 1. The van der Waals surface area contributed by atoms with Crippen molar-refractivity contribution in [3.05, 3.63) is 17.0 Å². The van der Waals surface area contributed by atoms with Crippen molar-refractivity contribution in [2.24, 2.45) is 0 Å². The Bertz CT molecular complexity index is 621. The number of aromatic carboxylic acids is 1. The molecule has 1 rings (SSSR count). The zero-order valence-corrected chi connectivity index (χ0v) is 13.6. The minimum absolute atomic E-state index is 0.0822. The van der Waals surface area contributed by atoms with Gasteiger partial charge in [-0.3, -0.25) is 4.79 Å². The maximum absolute atomic E-state index is 12.4. The van der Waals surface area contributed by atoms with Crippen molar-refractivity contribution in [2.75, 3.05) is 13.1 Å². The summed E-state index contributed by atoms with van der Waals surface area (Å²) >= 11 is 0.827. The average molecular weight is 334 g/mol. The van der Waals surface area contributed by atoms with Gasteiger partial charge in [0.25, 0.3) is 10.0 Å². The molecular weight excluding hydrogens is 316 g/mol. The van der Waals surface area contributed by atoms with Crippen LogP contribution in [-0.4, -0.2) is 48.8 Å². The normalized spacial score (nSPS) is 11.9. The number of amides is 1. The molecular formula is C12H18N2O5S2. The Kier molecular flexibility index (Phi) is 5.87. The fourth-order valence-electron chi connectivity index (χ4n) is 1.59. The Morgan fingerprint density at radius 1 is 1.43 bits per heavy atom. The second-order valence-corrected chi connectivity index (χ2v) is 7.69. The van der Waals surface area contributed by atoms with Crippen LogP contribution in [0.5, 0.6) is 0 Å². The van der Waals surface area contributed by atoms with E-state index in [-0.39, 0.29) is 28.9 Å². The molecule has 0 aromatic carbocycles. The first-order valence-corrected chi connectivity index (χ1v) is 8.61. The van der Waals surface area contributed by atoms with Gasteiger partial charge in [-0.25, -0.2) is 13.2 Å². The Hall–Kier alpha value is -1.45. The minimum atomic E-state index is -3.87. The average Bonchev–Trinajstić information content (AvgIpc) is 2.85. The van der Waals surface area contributed by atoms with Crippen molar-refractivity contribution >= 4 is 33.2 Å². The van der Waals surface area contributed by atoms with Crippen LogP contribution in [0.3, 0.4) is 0 Å². The van der Waals surface area contributed by atoms with Gasteiger partial charge in [0.05, 0.1) is 12.1 Å². The first-order valence-electron chi connectivity index (χ1n) is 6.29. The van der Waals surface area contributed by atoms with E-state index < -0.39 is 21.9 Å². The van der Waals surface area contributed by atoms with Crippen molar-refractivity contribution in [3.63, 3.8) is 0 Å². The maximum Gasteiger partial charge on any atom is 0.336 e. The molecule has 0 saturated heterocycles. The summed E-state index contributed by atoms with van der Waals surface area (Å²) in [5.41, 5.74) is -0.0822. The molecule has 1 heterocycles. The number of carboxylic acid groups (broad SMARTS) is 1. The Morgan fingerprint density at radius 3 is 2.48 bits per heavy atom. The maximum atomic E-state index is 12.4. The zero-order chi connectivity index (χ0) is 16.2. The molecule has 0 fully saturated rings. The number of hydrogen-bond acceptors (Lipinski definition) is 5. The quantitative estimate of drug-likeness (QED) is 0.773. The van der Waals surface area contributed by atoms with Gasteiger partial charge >= 0.3 is 5.97 Å². The third-order valence-electron chi connectivity index (χ3n) is 2.54. The van der Waals surface area contributed by atoms with Crippen LogP contribution in [0.2, 0.25) is 0 Å². The summed E-state index contributed by atoms with van der Waals surface area (Å²) in [6.45, 7) is 5.00. The number of carbonyl (C=O) groups is 2. The van der Waals surface area contributed by atoms with E-state index in [1.54, 1.807) is 20.8 Å². The summed E-state index contributed by atoms with van der Waals surface area (Å²) in [5.74, 6) is -1.58. The van der Waals surface area contributed by atoms with E-state index in [0.29, 0.717) is 0 Å². The Labute approximate surface area is 127 Å². The van der Waals surface area contributed by atoms with Gasteiger partial charge in [0.2, 0.25) is 5.91 Å². The largest absolute Gasteiger partial charge is 0.478 e. The number of thiophene rings is 1. The molecule has 0 aliphatic heterocycles. The number of sulfonamides is 1. The molecule has 7 nitrogen and oxygen atoms in total. The van der Waals surface area contributed by atoms with Gasteiger partial charge in [-0.05, 0) is 19.9 Å². The second kappa shape index (κ2) is 7.01. The van der Waals surface area contributed by atoms with E-state index in [0.717, 1.165) is 21.7 Å². The van der Waals surface area contributed by atoms with Crippen LogP contribution < -0.4 is 5.32 Å². The molecule has 2 N–H and O–H groups in total. The first-order chi connectivity index (χ1) is 9.68. The predicted octanol–water partition coefficient (Wildman–Crippen LogP) is 0.981. The number of rotatable bonds is 7.